The standard InChI is InChI=1S/C13H16N4O2S2/c1-9-3-4-10(13(14)20)7-11(9)21(18,19)16-8-12-15-5-6-17(12)2/h3-7,16H,8H2,1-2H3,(H2,14,20). The molecule has 0 amide bonds. The van der Waals surface area contributed by atoms with Gasteiger partial charge in [-0.2, -0.15) is 0 Å². The summed E-state index contributed by atoms with van der Waals surface area (Å²) >= 11 is 4.88. The van der Waals surface area contributed by atoms with Crippen LogP contribution in [0.5, 0.6) is 0 Å². The summed E-state index contributed by atoms with van der Waals surface area (Å²) in [6.07, 6.45) is 3.37. The van der Waals surface area contributed by atoms with E-state index in [0.29, 0.717) is 17.0 Å². The number of nitrogens with zero attached hydrogens (tertiary/aromatic N) is 2. The molecule has 1 heterocycles. The number of sulfonamides is 1. The summed E-state index contributed by atoms with van der Waals surface area (Å²) in [6.45, 7) is 1.83. The molecule has 1 aromatic heterocycles. The molecule has 0 spiro atoms. The number of imidazole rings is 1. The van der Waals surface area contributed by atoms with Crippen molar-refractivity contribution in [2.45, 2.75) is 18.4 Å². The van der Waals surface area contributed by atoms with Gasteiger partial charge in [0.15, 0.2) is 0 Å². The van der Waals surface area contributed by atoms with Crippen LogP contribution >= 0.6 is 12.2 Å². The van der Waals surface area contributed by atoms with Crippen molar-refractivity contribution in [2.75, 3.05) is 0 Å². The van der Waals surface area contributed by atoms with Crippen LogP contribution in [-0.4, -0.2) is 23.0 Å². The maximum absolute atomic E-state index is 12.4. The molecule has 0 radical (unpaired) electrons. The number of hydrogen-bond donors (Lipinski definition) is 2. The van der Waals surface area contributed by atoms with Gasteiger partial charge in [-0.05, 0) is 18.6 Å². The van der Waals surface area contributed by atoms with Gasteiger partial charge in [0.1, 0.15) is 10.8 Å². The van der Waals surface area contributed by atoms with Gasteiger partial charge in [-0.15, -0.1) is 0 Å². The summed E-state index contributed by atoms with van der Waals surface area (Å²) in [7, 11) is -1.86. The SMILES string of the molecule is Cc1ccc(C(N)=S)cc1S(=O)(=O)NCc1nccn1C. The van der Waals surface area contributed by atoms with Crippen LogP contribution in [0, 0.1) is 6.92 Å². The quantitative estimate of drug-likeness (QED) is 0.796. The highest BCUT2D eigenvalue weighted by atomic mass is 32.2. The molecule has 1 aromatic carbocycles. The number of aromatic nitrogens is 2. The smallest absolute Gasteiger partial charge is 0.241 e. The topological polar surface area (TPSA) is 90.0 Å². The van der Waals surface area contributed by atoms with Crippen LogP contribution in [0.25, 0.3) is 0 Å². The molecule has 0 saturated carbocycles. The molecule has 2 aromatic rings. The maximum Gasteiger partial charge on any atom is 0.241 e. The van der Waals surface area contributed by atoms with Crippen molar-refractivity contribution < 1.29 is 8.42 Å². The van der Waals surface area contributed by atoms with Gasteiger partial charge in [-0.1, -0.05) is 24.4 Å². The van der Waals surface area contributed by atoms with Crippen LogP contribution in [0.4, 0.5) is 0 Å². The second-order valence-electron chi connectivity index (χ2n) is 4.62. The van der Waals surface area contributed by atoms with Gasteiger partial charge in [0.25, 0.3) is 0 Å². The number of nitrogens with one attached hydrogen (secondary N) is 1. The molecule has 2 rings (SSSR count). The average molecular weight is 324 g/mol. The van der Waals surface area contributed by atoms with Gasteiger partial charge in [0.2, 0.25) is 10.0 Å². The van der Waals surface area contributed by atoms with Crippen molar-refractivity contribution in [1.29, 1.82) is 0 Å². The van der Waals surface area contributed by atoms with Crippen LogP contribution < -0.4 is 10.5 Å². The van der Waals surface area contributed by atoms with E-state index < -0.39 is 10.0 Å². The molecule has 0 bridgehead atoms. The Hall–Kier alpha value is -1.77. The molecule has 112 valence electrons. The third-order valence-electron chi connectivity index (χ3n) is 3.10. The Balaban J connectivity index is 2.29. The Morgan fingerprint density at radius 2 is 2.19 bits per heavy atom. The zero-order chi connectivity index (χ0) is 15.6. The predicted octanol–water partition coefficient (Wildman–Crippen LogP) is 0.841. The zero-order valence-corrected chi connectivity index (χ0v) is 13.3. The summed E-state index contributed by atoms with van der Waals surface area (Å²) in [5, 5.41) is 0. The minimum Gasteiger partial charge on any atom is -0.389 e. The maximum atomic E-state index is 12.4. The van der Waals surface area contributed by atoms with Crippen LogP contribution in [0.1, 0.15) is 17.0 Å². The number of nitrogens with two attached hydrogens (primary N) is 1. The molecule has 0 aliphatic carbocycles. The lowest BCUT2D eigenvalue weighted by molar-refractivity contribution is 0.577. The van der Waals surface area contributed by atoms with Gasteiger partial charge in [0.05, 0.1) is 11.4 Å². The number of rotatable bonds is 5. The number of thiocarbonyl (C=S) groups is 1. The molecular weight excluding hydrogens is 308 g/mol. The predicted molar refractivity (Wildman–Crippen MR) is 84.3 cm³/mol. The van der Waals surface area contributed by atoms with Gasteiger partial charge in [0, 0.05) is 25.0 Å². The van der Waals surface area contributed by atoms with Crippen LogP contribution in [-0.2, 0) is 23.6 Å². The van der Waals surface area contributed by atoms with Crippen LogP contribution in [0.2, 0.25) is 0 Å². The summed E-state index contributed by atoms with van der Waals surface area (Å²) in [4.78, 5) is 4.41. The van der Waals surface area contributed by atoms with Gasteiger partial charge >= 0.3 is 0 Å². The molecule has 6 nitrogen and oxygen atoms in total. The van der Waals surface area contributed by atoms with E-state index >= 15 is 0 Å². The summed E-state index contributed by atoms with van der Waals surface area (Å²) in [6, 6.07) is 4.87. The fourth-order valence-corrected chi connectivity index (χ4v) is 3.22. The third kappa shape index (κ3) is 3.46. The van der Waals surface area contributed by atoms with E-state index in [0.717, 1.165) is 0 Å². The first-order chi connectivity index (χ1) is 9.81. The van der Waals surface area contributed by atoms with Crippen LogP contribution in [0.15, 0.2) is 35.5 Å². The Kier molecular flexibility index (Phi) is 4.40. The minimum atomic E-state index is -3.66. The fourth-order valence-electron chi connectivity index (χ4n) is 1.85. The van der Waals surface area contributed by atoms with Crippen molar-refractivity contribution in [3.8, 4) is 0 Å². The highest BCUT2D eigenvalue weighted by Crippen LogP contribution is 2.17. The lowest BCUT2D eigenvalue weighted by Crippen LogP contribution is -2.26. The van der Waals surface area contributed by atoms with E-state index in [1.54, 1.807) is 43.1 Å². The number of aryl methyl sites for hydroxylation is 2. The second-order valence-corrected chi connectivity index (χ2v) is 6.80. The first kappa shape index (κ1) is 15.6. The molecular formula is C13H16N4O2S2. The third-order valence-corrected chi connectivity index (χ3v) is 4.88. The van der Waals surface area contributed by atoms with Crippen molar-refractivity contribution in [1.82, 2.24) is 14.3 Å². The molecule has 3 N–H and O–H groups in total. The Labute approximate surface area is 129 Å². The summed E-state index contributed by atoms with van der Waals surface area (Å²) in [5.74, 6) is 0.627. The highest BCUT2D eigenvalue weighted by molar-refractivity contribution is 7.89. The van der Waals surface area contributed by atoms with E-state index in [1.165, 1.54) is 6.07 Å². The first-order valence-electron chi connectivity index (χ1n) is 6.17. The van der Waals surface area contributed by atoms with Crippen LogP contribution in [0.3, 0.4) is 0 Å². The lowest BCUT2D eigenvalue weighted by Gasteiger charge is -2.11. The zero-order valence-electron chi connectivity index (χ0n) is 11.7. The Bertz CT molecular complexity index is 781. The van der Waals surface area contributed by atoms with Gasteiger partial charge in [-0.3, -0.25) is 0 Å². The summed E-state index contributed by atoms with van der Waals surface area (Å²) in [5.41, 5.74) is 6.70. The molecule has 0 unspecified atom stereocenters. The molecule has 8 heteroatoms. The van der Waals surface area contributed by atoms with Crippen molar-refractivity contribution in [3.05, 3.63) is 47.5 Å². The first-order valence-corrected chi connectivity index (χ1v) is 8.07. The van der Waals surface area contributed by atoms with Crippen molar-refractivity contribution in [2.24, 2.45) is 12.8 Å². The van der Waals surface area contributed by atoms with Crippen molar-refractivity contribution >= 4 is 27.2 Å². The van der Waals surface area contributed by atoms with E-state index in [-0.39, 0.29) is 16.4 Å². The molecule has 0 atom stereocenters. The molecule has 0 aliphatic heterocycles. The largest absolute Gasteiger partial charge is 0.389 e. The average Bonchev–Trinajstić information content (AvgIpc) is 2.82. The molecule has 0 saturated heterocycles. The number of benzene rings is 1. The Morgan fingerprint density at radius 1 is 1.48 bits per heavy atom. The lowest BCUT2D eigenvalue weighted by atomic mass is 10.1. The van der Waals surface area contributed by atoms with Crippen molar-refractivity contribution in [3.63, 3.8) is 0 Å². The number of hydrogen-bond acceptors (Lipinski definition) is 4. The van der Waals surface area contributed by atoms with E-state index in [1.807, 2.05) is 0 Å². The fraction of sp³-hybridized carbons (Fsp3) is 0.231. The van der Waals surface area contributed by atoms with E-state index in [9.17, 15) is 8.42 Å². The van der Waals surface area contributed by atoms with E-state index in [2.05, 4.69) is 9.71 Å². The molecule has 21 heavy (non-hydrogen) atoms. The second kappa shape index (κ2) is 5.92. The summed E-state index contributed by atoms with van der Waals surface area (Å²) < 4.78 is 29.1. The molecule has 0 fully saturated rings. The minimum absolute atomic E-state index is 0.114. The monoisotopic (exact) mass is 324 g/mol. The molecule has 0 aliphatic rings. The van der Waals surface area contributed by atoms with Gasteiger partial charge < -0.3 is 10.3 Å². The van der Waals surface area contributed by atoms with E-state index in [4.69, 9.17) is 18.0 Å². The Morgan fingerprint density at radius 3 is 2.76 bits per heavy atom. The highest BCUT2D eigenvalue weighted by Gasteiger charge is 2.18. The normalized spacial score (nSPS) is 11.5. The van der Waals surface area contributed by atoms with Gasteiger partial charge in [-0.25, -0.2) is 18.1 Å².